The molecule has 0 spiro atoms. The van der Waals surface area contributed by atoms with Crippen molar-refractivity contribution in [1.82, 2.24) is 19.8 Å². The number of nitrogens with one attached hydrogen (secondary N) is 2. The van der Waals surface area contributed by atoms with Gasteiger partial charge in [-0.15, -0.1) is 0 Å². The minimum Gasteiger partial charge on any atom is -0.397 e. The zero-order chi connectivity index (χ0) is 18.6. The van der Waals surface area contributed by atoms with Crippen molar-refractivity contribution >= 4 is 23.2 Å². The van der Waals surface area contributed by atoms with E-state index in [-0.39, 0.29) is 11.8 Å². The van der Waals surface area contributed by atoms with Crippen LogP contribution in [0.3, 0.4) is 0 Å². The predicted molar refractivity (Wildman–Crippen MR) is 98.9 cm³/mol. The van der Waals surface area contributed by atoms with E-state index < -0.39 is 0 Å². The molecule has 8 heteroatoms. The van der Waals surface area contributed by atoms with E-state index in [4.69, 9.17) is 5.73 Å². The summed E-state index contributed by atoms with van der Waals surface area (Å²) in [4.78, 5) is 35.9. The number of rotatable bonds is 7. The van der Waals surface area contributed by atoms with Crippen molar-refractivity contribution in [1.29, 1.82) is 0 Å². The van der Waals surface area contributed by atoms with Crippen LogP contribution in [0.25, 0.3) is 0 Å². The Bertz CT molecular complexity index is 733. The number of nitrogen functional groups attached to an aromatic ring is 1. The highest BCUT2D eigenvalue weighted by molar-refractivity contribution is 6.05. The van der Waals surface area contributed by atoms with Crippen molar-refractivity contribution in [3.8, 4) is 0 Å². The van der Waals surface area contributed by atoms with Crippen LogP contribution in [-0.2, 0) is 0 Å². The van der Waals surface area contributed by atoms with Gasteiger partial charge in [0.25, 0.3) is 11.8 Å². The van der Waals surface area contributed by atoms with Crippen molar-refractivity contribution in [3.05, 3.63) is 35.9 Å². The van der Waals surface area contributed by atoms with Gasteiger partial charge in [-0.2, -0.15) is 0 Å². The Morgan fingerprint density at radius 3 is 2.20 bits per heavy atom. The zero-order valence-corrected chi connectivity index (χ0v) is 15.2. The van der Waals surface area contributed by atoms with Crippen molar-refractivity contribution in [3.63, 3.8) is 0 Å². The molecule has 2 heterocycles. The second kappa shape index (κ2) is 7.89. The first-order valence-corrected chi connectivity index (χ1v) is 8.10. The Labute approximate surface area is 147 Å². The molecule has 2 rings (SSSR count). The lowest BCUT2D eigenvalue weighted by Gasteiger charge is -2.18. The zero-order valence-electron chi connectivity index (χ0n) is 15.2. The van der Waals surface area contributed by atoms with Gasteiger partial charge in [-0.25, -0.2) is 0 Å². The number of nitrogens with two attached hydrogens (primary N) is 1. The predicted octanol–water partition coefficient (Wildman–Crippen LogP) is 1.23. The first-order chi connectivity index (χ1) is 11.8. The van der Waals surface area contributed by atoms with E-state index in [1.54, 1.807) is 43.5 Å². The summed E-state index contributed by atoms with van der Waals surface area (Å²) >= 11 is 0. The quantitative estimate of drug-likeness (QED) is 0.702. The average molecular weight is 346 g/mol. The van der Waals surface area contributed by atoms with Crippen LogP contribution in [-0.4, -0.2) is 72.9 Å². The van der Waals surface area contributed by atoms with Crippen molar-refractivity contribution in [2.75, 3.05) is 51.9 Å². The Morgan fingerprint density at radius 2 is 1.60 bits per heavy atom. The third-order valence-electron chi connectivity index (χ3n) is 3.97. The van der Waals surface area contributed by atoms with Crippen LogP contribution in [0, 0.1) is 0 Å². The molecule has 136 valence electrons. The highest BCUT2D eigenvalue weighted by atomic mass is 16.2. The second-order valence-electron chi connectivity index (χ2n) is 6.37. The molecule has 0 atom stereocenters. The van der Waals surface area contributed by atoms with Gasteiger partial charge in [0.2, 0.25) is 0 Å². The van der Waals surface area contributed by atoms with Gasteiger partial charge in [-0.3, -0.25) is 9.59 Å². The third-order valence-corrected chi connectivity index (χ3v) is 3.97. The van der Waals surface area contributed by atoms with Gasteiger partial charge in [0, 0.05) is 38.7 Å². The maximum Gasteiger partial charge on any atom is 0.274 e. The fraction of sp³-hybridized carbons (Fsp3) is 0.412. The van der Waals surface area contributed by atoms with Gasteiger partial charge in [0.1, 0.15) is 11.4 Å². The fourth-order valence-electron chi connectivity index (χ4n) is 2.46. The molecule has 0 aliphatic rings. The van der Waals surface area contributed by atoms with Crippen LogP contribution >= 0.6 is 0 Å². The number of aromatic nitrogens is 2. The summed E-state index contributed by atoms with van der Waals surface area (Å²) in [6.07, 6.45) is 4.11. The maximum atomic E-state index is 12.5. The summed E-state index contributed by atoms with van der Waals surface area (Å²) in [5.74, 6) is -0.330. The lowest BCUT2D eigenvalue weighted by Crippen LogP contribution is -2.30. The van der Waals surface area contributed by atoms with Crippen LogP contribution in [0.5, 0.6) is 0 Å². The topological polar surface area (TPSA) is 101 Å². The summed E-state index contributed by atoms with van der Waals surface area (Å²) < 4.78 is 0. The van der Waals surface area contributed by atoms with E-state index in [9.17, 15) is 9.59 Å². The van der Waals surface area contributed by atoms with Gasteiger partial charge in [0.15, 0.2) is 0 Å². The average Bonchev–Trinajstić information content (AvgIpc) is 3.21. The monoisotopic (exact) mass is 346 g/mol. The van der Waals surface area contributed by atoms with Crippen LogP contribution in [0.15, 0.2) is 24.5 Å². The first kappa shape index (κ1) is 18.6. The summed E-state index contributed by atoms with van der Waals surface area (Å²) in [6, 6.07) is 3.26. The number of carbonyl (C=O) groups excluding carboxylic acids is 2. The molecule has 0 aromatic carbocycles. The number of hydrogen-bond donors (Lipinski definition) is 3. The lowest BCUT2D eigenvalue weighted by molar-refractivity contribution is 0.0785. The number of hydrogen-bond acceptors (Lipinski definition) is 4. The summed E-state index contributed by atoms with van der Waals surface area (Å²) in [5, 5.41) is 0. The van der Waals surface area contributed by atoms with Crippen LogP contribution < -0.4 is 10.6 Å². The highest BCUT2D eigenvalue weighted by Gasteiger charge is 2.19. The number of carbonyl (C=O) groups is 2. The molecule has 0 fully saturated rings. The normalized spacial score (nSPS) is 10.9. The molecule has 2 amide bonds. The van der Waals surface area contributed by atoms with Gasteiger partial charge >= 0.3 is 0 Å². The molecule has 2 aromatic rings. The fourth-order valence-corrected chi connectivity index (χ4v) is 2.46. The van der Waals surface area contributed by atoms with E-state index in [1.165, 1.54) is 4.90 Å². The SMILES string of the molecule is CN(C)CCCN(C)C(=O)c1cc(N(C)C(=O)c2cc(N)c[nH]2)c[nH]1. The van der Waals surface area contributed by atoms with Gasteiger partial charge in [-0.1, -0.05) is 0 Å². The van der Waals surface area contributed by atoms with E-state index in [2.05, 4.69) is 14.9 Å². The standard InChI is InChI=1S/C17H26N6O2/c1-21(2)6-5-7-22(3)16(24)15-9-13(11-20-15)23(4)17(25)14-8-12(18)10-19-14/h8-11,19-20H,5-7,18H2,1-4H3. The molecular formula is C17H26N6O2. The molecule has 0 aliphatic heterocycles. The van der Waals surface area contributed by atoms with E-state index >= 15 is 0 Å². The minimum absolute atomic E-state index is 0.102. The number of anilines is 2. The van der Waals surface area contributed by atoms with Crippen molar-refractivity contribution in [2.45, 2.75) is 6.42 Å². The Kier molecular flexibility index (Phi) is 5.87. The van der Waals surface area contributed by atoms with E-state index in [0.29, 0.717) is 29.3 Å². The first-order valence-electron chi connectivity index (χ1n) is 8.10. The molecule has 8 nitrogen and oxygen atoms in total. The van der Waals surface area contributed by atoms with Crippen molar-refractivity contribution in [2.24, 2.45) is 0 Å². The van der Waals surface area contributed by atoms with Gasteiger partial charge in [-0.05, 0) is 39.2 Å². The number of H-pyrrole nitrogens is 2. The Balaban J connectivity index is 2.00. The smallest absolute Gasteiger partial charge is 0.274 e. The Morgan fingerprint density at radius 1 is 0.960 bits per heavy atom. The number of aromatic amines is 2. The molecule has 0 aliphatic carbocycles. The highest BCUT2D eigenvalue weighted by Crippen LogP contribution is 2.18. The molecule has 0 bridgehead atoms. The second-order valence-corrected chi connectivity index (χ2v) is 6.37. The van der Waals surface area contributed by atoms with Gasteiger partial charge in [0.05, 0.1) is 5.69 Å². The summed E-state index contributed by atoms with van der Waals surface area (Å²) in [6.45, 7) is 1.59. The maximum absolute atomic E-state index is 12.5. The molecule has 0 radical (unpaired) electrons. The summed E-state index contributed by atoms with van der Waals surface area (Å²) in [5.41, 5.74) is 7.59. The van der Waals surface area contributed by atoms with Crippen LogP contribution in [0.4, 0.5) is 11.4 Å². The van der Waals surface area contributed by atoms with Crippen molar-refractivity contribution < 1.29 is 9.59 Å². The molecular weight excluding hydrogens is 320 g/mol. The minimum atomic E-state index is -0.228. The van der Waals surface area contributed by atoms with Crippen LogP contribution in [0.2, 0.25) is 0 Å². The van der Waals surface area contributed by atoms with E-state index in [0.717, 1.165) is 13.0 Å². The molecule has 0 saturated heterocycles. The number of nitrogens with zero attached hydrogens (tertiary/aromatic N) is 3. The number of amides is 2. The van der Waals surface area contributed by atoms with Gasteiger partial charge < -0.3 is 30.4 Å². The van der Waals surface area contributed by atoms with E-state index in [1.807, 2.05) is 14.1 Å². The molecule has 0 unspecified atom stereocenters. The largest absolute Gasteiger partial charge is 0.397 e. The molecule has 25 heavy (non-hydrogen) atoms. The molecule has 4 N–H and O–H groups in total. The lowest BCUT2D eigenvalue weighted by atomic mass is 10.3. The third kappa shape index (κ3) is 4.63. The Hall–Kier alpha value is -2.74. The van der Waals surface area contributed by atoms with Crippen LogP contribution in [0.1, 0.15) is 27.4 Å². The summed E-state index contributed by atoms with van der Waals surface area (Å²) in [7, 11) is 7.43. The molecule has 2 aromatic heterocycles. The molecule has 0 saturated carbocycles.